The van der Waals surface area contributed by atoms with E-state index in [2.05, 4.69) is 0 Å². The predicted octanol–water partition coefficient (Wildman–Crippen LogP) is 3.78. The van der Waals surface area contributed by atoms with Crippen molar-refractivity contribution in [2.75, 3.05) is 41.2 Å². The van der Waals surface area contributed by atoms with E-state index in [4.69, 9.17) is 28.4 Å². The van der Waals surface area contributed by atoms with Gasteiger partial charge in [0.25, 0.3) is 0 Å². The molecule has 0 fully saturated rings. The molecule has 0 unspecified atom stereocenters. The van der Waals surface area contributed by atoms with Crippen LogP contribution in [0.3, 0.4) is 0 Å². The molecule has 2 aliphatic heterocycles. The molecule has 0 spiro atoms. The van der Waals surface area contributed by atoms with E-state index in [1.54, 1.807) is 37.9 Å². The van der Waals surface area contributed by atoms with E-state index >= 15 is 0 Å². The van der Waals surface area contributed by atoms with E-state index < -0.39 is 11.9 Å². The molecule has 0 N–H and O–H groups in total. The molecule has 2 aromatic rings. The smallest absolute Gasteiger partial charge is 0.308 e. The van der Waals surface area contributed by atoms with Crippen molar-refractivity contribution in [3.8, 4) is 23.0 Å². The lowest BCUT2D eigenvalue weighted by atomic mass is 10.1. The average Bonchev–Trinajstić information content (AvgIpc) is 3.65. The second-order valence-electron chi connectivity index (χ2n) is 11.0. The number of esters is 2. The first kappa shape index (κ1) is 33.4. The van der Waals surface area contributed by atoms with E-state index in [1.165, 1.54) is 7.11 Å². The number of rotatable bonds is 15. The second-order valence-corrected chi connectivity index (χ2v) is 11.0. The van der Waals surface area contributed by atoms with Crippen molar-refractivity contribution in [1.29, 1.82) is 0 Å². The summed E-state index contributed by atoms with van der Waals surface area (Å²) in [6.07, 6.45) is 0.834. The van der Waals surface area contributed by atoms with Crippen molar-refractivity contribution in [3.63, 3.8) is 0 Å². The van der Waals surface area contributed by atoms with Crippen molar-refractivity contribution >= 4 is 23.8 Å². The van der Waals surface area contributed by atoms with Crippen molar-refractivity contribution in [3.05, 3.63) is 46.5 Å². The first-order valence-corrected chi connectivity index (χ1v) is 15.1. The Bertz CT molecular complexity index is 1410. The zero-order chi connectivity index (χ0) is 32.5. The number of hydrogen-bond acceptors (Lipinski definition) is 10. The lowest BCUT2D eigenvalue weighted by Crippen LogP contribution is -2.29. The molecule has 0 aromatic heterocycles. The standard InChI is InChI=1S/C33H42N2O10/c1-6-43-32(38)9-8-30(36)34-17-22-13-26(40-3)28(15-24(22)18-34)44-10-7-11-45-29-16-25-20-35(19-23(25)14-27(29)41-4)31(37)12-21(2)33(39)42-5/h13-16,21H,6-12,17-20H2,1-5H3/t21-/m0/s1. The fourth-order valence-electron chi connectivity index (χ4n) is 5.41. The summed E-state index contributed by atoms with van der Waals surface area (Å²) >= 11 is 0. The normalized spacial score (nSPS) is 13.9. The fraction of sp³-hybridized carbons (Fsp3) is 0.515. The van der Waals surface area contributed by atoms with Gasteiger partial charge in [0.2, 0.25) is 11.8 Å². The lowest BCUT2D eigenvalue weighted by Gasteiger charge is -2.17. The average molecular weight is 627 g/mol. The molecule has 0 aliphatic carbocycles. The molecule has 2 amide bonds. The fourth-order valence-corrected chi connectivity index (χ4v) is 5.41. The van der Waals surface area contributed by atoms with Crippen molar-refractivity contribution in [2.24, 2.45) is 5.92 Å². The third kappa shape index (κ3) is 8.37. The molecule has 2 aliphatic rings. The summed E-state index contributed by atoms with van der Waals surface area (Å²) in [6, 6.07) is 7.57. The number of hydrogen-bond donors (Lipinski definition) is 0. The maximum absolute atomic E-state index is 12.8. The number of amides is 2. The second kappa shape index (κ2) is 15.5. The van der Waals surface area contributed by atoms with Gasteiger partial charge in [-0.2, -0.15) is 0 Å². The van der Waals surface area contributed by atoms with Crippen LogP contribution in [0.15, 0.2) is 24.3 Å². The topological polar surface area (TPSA) is 130 Å². The Morgan fingerprint density at radius 1 is 0.711 bits per heavy atom. The molecule has 0 radical (unpaired) electrons. The van der Waals surface area contributed by atoms with Gasteiger partial charge in [0.15, 0.2) is 23.0 Å². The van der Waals surface area contributed by atoms with Crippen LogP contribution in [0.4, 0.5) is 0 Å². The summed E-state index contributed by atoms with van der Waals surface area (Å²) in [5.74, 6) is 0.815. The molecular weight excluding hydrogens is 584 g/mol. The number of methoxy groups -OCH3 is 3. The first-order valence-electron chi connectivity index (χ1n) is 15.1. The van der Waals surface area contributed by atoms with Gasteiger partial charge < -0.3 is 38.2 Å². The van der Waals surface area contributed by atoms with Gasteiger partial charge in [-0.3, -0.25) is 19.2 Å². The minimum Gasteiger partial charge on any atom is -0.493 e. The maximum atomic E-state index is 12.8. The summed E-state index contributed by atoms with van der Waals surface area (Å²) in [4.78, 5) is 52.2. The van der Waals surface area contributed by atoms with Gasteiger partial charge >= 0.3 is 11.9 Å². The quantitative estimate of drug-likeness (QED) is 0.213. The van der Waals surface area contributed by atoms with Crippen LogP contribution in [-0.2, 0) is 54.8 Å². The lowest BCUT2D eigenvalue weighted by molar-refractivity contribution is -0.148. The predicted molar refractivity (Wildman–Crippen MR) is 162 cm³/mol. The van der Waals surface area contributed by atoms with Gasteiger partial charge in [-0.05, 0) is 53.4 Å². The monoisotopic (exact) mass is 626 g/mol. The molecule has 0 bridgehead atoms. The van der Waals surface area contributed by atoms with Gasteiger partial charge in [0, 0.05) is 45.4 Å². The van der Waals surface area contributed by atoms with Gasteiger partial charge in [-0.1, -0.05) is 6.92 Å². The highest BCUT2D eigenvalue weighted by atomic mass is 16.5. The summed E-state index contributed by atoms with van der Waals surface area (Å²) in [5.41, 5.74) is 3.90. The number of carbonyl (C=O) groups excluding carboxylic acids is 4. The Labute approximate surface area is 263 Å². The molecule has 1 atom stereocenters. The minimum absolute atomic E-state index is 0.0621. The molecule has 0 saturated carbocycles. The summed E-state index contributed by atoms with van der Waals surface area (Å²) in [5, 5.41) is 0. The largest absolute Gasteiger partial charge is 0.493 e. The molecule has 4 rings (SSSR count). The maximum Gasteiger partial charge on any atom is 0.308 e. The van der Waals surface area contributed by atoms with Crippen molar-refractivity contribution < 1.29 is 47.6 Å². The summed E-state index contributed by atoms with van der Waals surface area (Å²) in [6.45, 7) is 6.19. The Hall–Kier alpha value is -4.48. The molecule has 12 nitrogen and oxygen atoms in total. The van der Waals surface area contributed by atoms with E-state index in [1.807, 2.05) is 24.3 Å². The zero-order valence-corrected chi connectivity index (χ0v) is 26.6. The number of benzene rings is 2. The molecule has 2 aromatic carbocycles. The number of fused-ring (bicyclic) bond motifs is 2. The third-order valence-corrected chi connectivity index (χ3v) is 7.86. The van der Waals surface area contributed by atoms with Gasteiger partial charge in [-0.15, -0.1) is 0 Å². The van der Waals surface area contributed by atoms with Gasteiger partial charge in [-0.25, -0.2) is 0 Å². The van der Waals surface area contributed by atoms with Crippen LogP contribution in [0.1, 0.15) is 61.8 Å². The van der Waals surface area contributed by atoms with Crippen LogP contribution in [-0.4, -0.2) is 74.7 Å². The van der Waals surface area contributed by atoms with Crippen LogP contribution >= 0.6 is 0 Å². The Kier molecular flexibility index (Phi) is 11.5. The Morgan fingerprint density at radius 3 is 1.62 bits per heavy atom. The van der Waals surface area contributed by atoms with Crippen LogP contribution in [0.5, 0.6) is 23.0 Å². The third-order valence-electron chi connectivity index (χ3n) is 7.86. The number of ether oxygens (including phenoxy) is 6. The SMILES string of the molecule is CCOC(=O)CCC(=O)N1Cc2cc(OC)c(OCCCOc3cc4c(cc3OC)CN(C(=O)C[C@H](C)C(=O)OC)C4)cc2C1. The van der Waals surface area contributed by atoms with Gasteiger partial charge in [0.05, 0.1) is 53.5 Å². The number of carbonyl (C=O) groups is 4. The van der Waals surface area contributed by atoms with Gasteiger partial charge in [0.1, 0.15) is 0 Å². The molecular formula is C33H42N2O10. The van der Waals surface area contributed by atoms with Crippen LogP contribution in [0.25, 0.3) is 0 Å². The first-order chi connectivity index (χ1) is 21.7. The highest BCUT2D eigenvalue weighted by Gasteiger charge is 2.29. The Morgan fingerprint density at radius 2 is 1.18 bits per heavy atom. The molecule has 2 heterocycles. The van der Waals surface area contributed by atoms with E-state index in [0.29, 0.717) is 75.4 Å². The minimum atomic E-state index is -0.508. The molecule has 12 heteroatoms. The molecule has 45 heavy (non-hydrogen) atoms. The van der Waals surface area contributed by atoms with Crippen molar-refractivity contribution in [1.82, 2.24) is 9.80 Å². The van der Waals surface area contributed by atoms with E-state index in [0.717, 1.165) is 22.3 Å². The highest BCUT2D eigenvalue weighted by Crippen LogP contribution is 2.37. The van der Waals surface area contributed by atoms with Crippen LogP contribution in [0.2, 0.25) is 0 Å². The Balaban J connectivity index is 1.27. The van der Waals surface area contributed by atoms with Crippen LogP contribution in [0, 0.1) is 5.92 Å². The highest BCUT2D eigenvalue weighted by molar-refractivity contribution is 5.83. The molecule has 0 saturated heterocycles. The molecule has 244 valence electrons. The summed E-state index contributed by atoms with van der Waals surface area (Å²) in [7, 11) is 4.46. The van der Waals surface area contributed by atoms with E-state index in [9.17, 15) is 19.2 Å². The van der Waals surface area contributed by atoms with E-state index in [-0.39, 0.29) is 37.0 Å². The zero-order valence-electron chi connectivity index (χ0n) is 26.6. The van der Waals surface area contributed by atoms with Crippen LogP contribution < -0.4 is 18.9 Å². The summed E-state index contributed by atoms with van der Waals surface area (Å²) < 4.78 is 32.8. The number of nitrogens with zero attached hydrogens (tertiary/aromatic N) is 2. The van der Waals surface area contributed by atoms with Crippen molar-refractivity contribution in [2.45, 2.75) is 65.7 Å².